The number of aliphatic hydroxyl groups is 2. The van der Waals surface area contributed by atoms with Crippen LogP contribution in [-0.4, -0.2) is 123 Å². The first-order valence-electron chi connectivity index (χ1n) is 25.1. The number of amides is 2. The number of nitrogens with one attached hydrogen (secondary N) is 2. The van der Waals surface area contributed by atoms with Gasteiger partial charge in [-0.1, -0.05) is 155 Å². The molecular formula is C44H80N7O17P3S. The fraction of sp³-hybridized carbons (Fsp3) is 0.818. The topological polar surface area (TPSA) is 364 Å². The number of carbonyl (C=O) groups is 3. The number of hydrogen-bond donors (Lipinski definition) is 9. The van der Waals surface area contributed by atoms with E-state index < -0.39 is 84.6 Å². The van der Waals surface area contributed by atoms with Crippen LogP contribution in [0.4, 0.5) is 5.82 Å². The van der Waals surface area contributed by atoms with Crippen molar-refractivity contribution in [3.05, 3.63) is 12.7 Å². The van der Waals surface area contributed by atoms with Crippen LogP contribution in [-0.2, 0) is 50.7 Å². The highest BCUT2D eigenvalue weighted by Gasteiger charge is 2.50. The molecule has 0 saturated carbocycles. The van der Waals surface area contributed by atoms with Gasteiger partial charge >= 0.3 is 23.5 Å². The number of rotatable bonds is 40. The SMILES string of the molecule is CCCCCCCCCCCCCCCCCCCCCCC(=O)SCCNC(=O)CCNC(=O)[C@H](O)C(C)(C)COP(=O)(O)OP(=O)(O)OC[C@H]1O[C@@H](n2cnc3c(N)ncnc32)[C@@H](O)C1OP(=O)(O)O. The van der Waals surface area contributed by atoms with E-state index in [1.807, 2.05) is 0 Å². The van der Waals surface area contributed by atoms with Gasteiger partial charge < -0.3 is 50.9 Å². The molecule has 72 heavy (non-hydrogen) atoms. The molecule has 1 aliphatic rings. The first kappa shape index (κ1) is 63.8. The van der Waals surface area contributed by atoms with Crippen LogP contribution in [0.3, 0.4) is 0 Å². The summed E-state index contributed by atoms with van der Waals surface area (Å²) in [5.74, 6) is -1.01. The minimum atomic E-state index is -5.58. The van der Waals surface area contributed by atoms with E-state index in [0.29, 0.717) is 12.2 Å². The van der Waals surface area contributed by atoms with E-state index in [-0.39, 0.29) is 41.6 Å². The number of carbonyl (C=O) groups excluding carboxylic acids is 3. The number of aliphatic hydroxyl groups excluding tert-OH is 2. The molecular weight excluding hydrogens is 1020 g/mol. The molecule has 0 aliphatic carbocycles. The molecule has 2 aromatic rings. The van der Waals surface area contributed by atoms with Gasteiger partial charge in [-0.05, 0) is 6.42 Å². The second-order valence-corrected chi connectivity index (χ2v) is 24.1. The number of phosphoric ester groups is 3. The molecule has 2 aromatic heterocycles. The monoisotopic (exact) mass is 1100 g/mol. The van der Waals surface area contributed by atoms with Crippen molar-refractivity contribution in [3.63, 3.8) is 0 Å². The Bertz CT molecular complexity index is 2090. The number of hydrogen-bond acceptors (Lipinski definition) is 18. The summed E-state index contributed by atoms with van der Waals surface area (Å²) < 4.78 is 62.5. The maximum Gasteiger partial charge on any atom is 0.481 e. The number of ether oxygens (including phenoxy) is 1. The van der Waals surface area contributed by atoms with Crippen molar-refractivity contribution >= 4 is 69.1 Å². The summed E-state index contributed by atoms with van der Waals surface area (Å²) in [5, 5.41) is 26.7. The fourth-order valence-electron chi connectivity index (χ4n) is 7.89. The zero-order valence-corrected chi connectivity index (χ0v) is 45.4. The summed E-state index contributed by atoms with van der Waals surface area (Å²) >= 11 is 1.16. The molecule has 0 bridgehead atoms. The van der Waals surface area contributed by atoms with Gasteiger partial charge in [-0.15, -0.1) is 0 Å². The third-order valence-electron chi connectivity index (χ3n) is 12.0. The van der Waals surface area contributed by atoms with Crippen molar-refractivity contribution in [3.8, 4) is 0 Å². The van der Waals surface area contributed by atoms with E-state index in [2.05, 4.69) is 41.3 Å². The molecule has 1 saturated heterocycles. The van der Waals surface area contributed by atoms with Gasteiger partial charge in [0.1, 0.15) is 36.3 Å². The van der Waals surface area contributed by atoms with E-state index in [1.165, 1.54) is 123 Å². The lowest BCUT2D eigenvalue weighted by Crippen LogP contribution is -2.46. The van der Waals surface area contributed by atoms with Crippen molar-refractivity contribution in [2.24, 2.45) is 5.41 Å². The molecule has 28 heteroatoms. The lowest BCUT2D eigenvalue weighted by Gasteiger charge is -2.30. The smallest absolute Gasteiger partial charge is 0.386 e. The molecule has 24 nitrogen and oxygen atoms in total. The largest absolute Gasteiger partial charge is 0.481 e. The number of unbranched alkanes of at least 4 members (excludes halogenated alkanes) is 19. The first-order valence-corrected chi connectivity index (χ1v) is 30.6. The van der Waals surface area contributed by atoms with Crippen molar-refractivity contribution < 1.29 is 80.5 Å². The molecule has 0 spiro atoms. The highest BCUT2D eigenvalue weighted by molar-refractivity contribution is 8.13. The van der Waals surface area contributed by atoms with Crippen LogP contribution in [0.1, 0.15) is 168 Å². The van der Waals surface area contributed by atoms with Crippen molar-refractivity contribution in [1.29, 1.82) is 0 Å². The Hall–Kier alpha value is -2.44. The van der Waals surface area contributed by atoms with Crippen LogP contribution in [0.15, 0.2) is 12.7 Å². The van der Waals surface area contributed by atoms with Crippen LogP contribution in [0, 0.1) is 5.41 Å². The van der Waals surface area contributed by atoms with Gasteiger partial charge in [-0.3, -0.25) is 32.5 Å². The van der Waals surface area contributed by atoms with Crippen LogP contribution in [0.5, 0.6) is 0 Å². The van der Waals surface area contributed by atoms with E-state index in [9.17, 15) is 57.9 Å². The normalized spacial score (nSPS) is 19.5. The fourth-order valence-corrected chi connectivity index (χ4v) is 11.4. The van der Waals surface area contributed by atoms with Gasteiger partial charge in [0.15, 0.2) is 22.8 Å². The number of aromatic nitrogens is 4. The third-order valence-corrected chi connectivity index (χ3v) is 16.0. The number of imidazole rings is 1. The minimum absolute atomic E-state index is 0.0345. The maximum absolute atomic E-state index is 12.8. The van der Waals surface area contributed by atoms with Gasteiger partial charge in [0.2, 0.25) is 11.8 Å². The number of nitrogens with zero attached hydrogens (tertiary/aromatic N) is 4. The highest BCUT2D eigenvalue weighted by Crippen LogP contribution is 2.61. The Labute approximate surface area is 426 Å². The molecule has 0 radical (unpaired) electrons. The van der Waals surface area contributed by atoms with Crippen LogP contribution in [0.2, 0.25) is 0 Å². The second-order valence-electron chi connectivity index (χ2n) is 18.8. The van der Waals surface area contributed by atoms with Gasteiger partial charge in [0.25, 0.3) is 0 Å². The Morgan fingerprint density at radius 2 is 1.33 bits per heavy atom. The Kier molecular flexibility index (Phi) is 29.2. The van der Waals surface area contributed by atoms with Gasteiger partial charge in [0, 0.05) is 37.1 Å². The van der Waals surface area contributed by atoms with Crippen molar-refractivity contribution in [2.45, 2.75) is 193 Å². The van der Waals surface area contributed by atoms with Crippen molar-refractivity contribution in [1.82, 2.24) is 30.2 Å². The standard InChI is InChI=1S/C44H80N7O17P3S/c1-4-5-6-7-8-9-10-11-12-13-14-15-16-17-18-19-20-21-22-23-24-35(53)72-28-27-46-34(52)25-26-47-42(56)39(55)44(2,3)30-65-71(62,63)68-70(60,61)64-29-33-38(67-69(57,58)59)37(54)43(66-33)51-32-50-36-40(45)48-31-49-41(36)51/h31-33,37-39,43,54-55H,4-30H2,1-3H3,(H,46,52)(H,47,56)(H,60,61)(H,62,63)(H2,45,48,49)(H2,57,58,59)/t33-,37+,38?,39+,43-/m1/s1. The summed E-state index contributed by atoms with van der Waals surface area (Å²) in [6.07, 6.45) is 19.5. The molecule has 3 rings (SSSR count). The van der Waals surface area contributed by atoms with Gasteiger partial charge in [-0.2, -0.15) is 4.31 Å². The quantitative estimate of drug-likeness (QED) is 0.0242. The molecule has 1 aliphatic heterocycles. The van der Waals surface area contributed by atoms with E-state index in [1.54, 1.807) is 0 Å². The molecule has 7 atom stereocenters. The first-order chi connectivity index (χ1) is 34.1. The summed E-state index contributed by atoms with van der Waals surface area (Å²) in [7, 11) is -16.4. The Morgan fingerprint density at radius 1 is 0.792 bits per heavy atom. The average molecular weight is 1100 g/mol. The average Bonchev–Trinajstić information content (AvgIpc) is 3.87. The lowest BCUT2D eigenvalue weighted by molar-refractivity contribution is -0.137. The molecule has 10 N–H and O–H groups in total. The molecule has 1 fully saturated rings. The molecule has 3 unspecified atom stereocenters. The van der Waals surface area contributed by atoms with E-state index in [0.717, 1.165) is 48.2 Å². The van der Waals surface area contributed by atoms with E-state index >= 15 is 0 Å². The van der Waals surface area contributed by atoms with E-state index in [4.69, 9.17) is 19.5 Å². The number of fused-ring (bicyclic) bond motifs is 1. The third kappa shape index (κ3) is 24.9. The van der Waals surface area contributed by atoms with Gasteiger partial charge in [-0.25, -0.2) is 28.6 Å². The molecule has 0 aromatic carbocycles. The number of anilines is 1. The summed E-state index contributed by atoms with van der Waals surface area (Å²) in [5.41, 5.74) is 4.30. The minimum Gasteiger partial charge on any atom is -0.386 e. The number of phosphoric acid groups is 3. The maximum atomic E-state index is 12.8. The molecule has 3 heterocycles. The molecule has 414 valence electrons. The predicted molar refractivity (Wildman–Crippen MR) is 270 cm³/mol. The predicted octanol–water partition coefficient (Wildman–Crippen LogP) is 6.88. The van der Waals surface area contributed by atoms with Crippen molar-refractivity contribution in [2.75, 3.05) is 37.8 Å². The number of nitrogens with two attached hydrogens (primary N) is 1. The van der Waals surface area contributed by atoms with Crippen LogP contribution < -0.4 is 16.4 Å². The summed E-state index contributed by atoms with van der Waals surface area (Å²) in [6, 6.07) is 0. The number of thioether (sulfide) groups is 1. The van der Waals surface area contributed by atoms with Crippen LogP contribution >= 0.6 is 35.2 Å². The summed E-state index contributed by atoms with van der Waals surface area (Å²) in [4.78, 5) is 88.6. The number of nitrogen functional groups attached to an aromatic ring is 1. The van der Waals surface area contributed by atoms with Crippen LogP contribution in [0.25, 0.3) is 11.2 Å². The highest BCUT2D eigenvalue weighted by atomic mass is 32.2. The lowest BCUT2D eigenvalue weighted by atomic mass is 9.87. The zero-order valence-electron chi connectivity index (χ0n) is 41.9. The Balaban J connectivity index is 1.23. The van der Waals surface area contributed by atoms with Gasteiger partial charge in [0.05, 0.1) is 19.5 Å². The summed E-state index contributed by atoms with van der Waals surface area (Å²) in [6.45, 7) is 2.85. The Morgan fingerprint density at radius 3 is 1.89 bits per heavy atom. The zero-order chi connectivity index (χ0) is 53.2. The molecule has 2 amide bonds. The second kappa shape index (κ2) is 32.9.